The fraction of sp³-hybridized carbons (Fsp3) is 0.0800. The van der Waals surface area contributed by atoms with Crippen LogP contribution in [-0.4, -0.2) is 10.1 Å². The van der Waals surface area contributed by atoms with Gasteiger partial charge in [-0.1, -0.05) is 78.9 Å². The number of nitrogens with zero attached hydrogens (tertiary/aromatic N) is 1. The van der Waals surface area contributed by atoms with E-state index in [-0.39, 0.29) is 0 Å². The number of benzene rings is 3. The van der Waals surface area contributed by atoms with Crippen LogP contribution in [0.5, 0.6) is 0 Å². The predicted octanol–water partition coefficient (Wildman–Crippen LogP) is 5.96. The standard InChI is InChI=1S/C25H21NO/c1-18-8-10-20-6-2-3-7-23(20)25(18)22-13-11-21(12-14-22)24(27)15-9-19-5-4-16-26-17-19/h2-17,24,27H,1H3/b15-9+. The van der Waals surface area contributed by atoms with Gasteiger partial charge in [0.05, 0.1) is 6.10 Å². The van der Waals surface area contributed by atoms with Crippen molar-refractivity contribution in [3.05, 3.63) is 108 Å². The maximum Gasteiger partial charge on any atom is 0.0975 e. The van der Waals surface area contributed by atoms with E-state index < -0.39 is 6.10 Å². The van der Waals surface area contributed by atoms with Gasteiger partial charge in [-0.3, -0.25) is 4.98 Å². The van der Waals surface area contributed by atoms with Crippen molar-refractivity contribution in [2.75, 3.05) is 0 Å². The Labute approximate surface area is 159 Å². The molecule has 0 aliphatic heterocycles. The second kappa shape index (κ2) is 7.56. The van der Waals surface area contributed by atoms with E-state index in [1.807, 2.05) is 30.3 Å². The van der Waals surface area contributed by atoms with Crippen LogP contribution < -0.4 is 0 Å². The summed E-state index contributed by atoms with van der Waals surface area (Å²) in [6.45, 7) is 2.14. The van der Waals surface area contributed by atoms with Crippen molar-refractivity contribution in [1.82, 2.24) is 4.98 Å². The summed E-state index contributed by atoms with van der Waals surface area (Å²) in [7, 11) is 0. The van der Waals surface area contributed by atoms with Crippen LogP contribution in [0.25, 0.3) is 28.0 Å². The van der Waals surface area contributed by atoms with Crippen LogP contribution in [-0.2, 0) is 0 Å². The predicted molar refractivity (Wildman–Crippen MR) is 112 cm³/mol. The van der Waals surface area contributed by atoms with Gasteiger partial charge < -0.3 is 5.11 Å². The van der Waals surface area contributed by atoms with Gasteiger partial charge in [0.25, 0.3) is 0 Å². The molecular weight excluding hydrogens is 330 g/mol. The topological polar surface area (TPSA) is 33.1 Å². The average Bonchev–Trinajstić information content (AvgIpc) is 2.73. The molecule has 132 valence electrons. The first-order chi connectivity index (χ1) is 13.2. The summed E-state index contributed by atoms with van der Waals surface area (Å²) in [5.74, 6) is 0. The molecule has 1 heterocycles. The van der Waals surface area contributed by atoms with Gasteiger partial charge in [0.1, 0.15) is 0 Å². The van der Waals surface area contributed by atoms with Crippen LogP contribution in [0.1, 0.15) is 22.8 Å². The summed E-state index contributed by atoms with van der Waals surface area (Å²) < 4.78 is 0. The van der Waals surface area contributed by atoms with Crippen LogP contribution in [0.2, 0.25) is 0 Å². The van der Waals surface area contributed by atoms with E-state index in [0.717, 1.165) is 16.7 Å². The van der Waals surface area contributed by atoms with Crippen molar-refractivity contribution in [1.29, 1.82) is 0 Å². The molecule has 2 nitrogen and oxygen atoms in total. The van der Waals surface area contributed by atoms with E-state index in [0.29, 0.717) is 0 Å². The zero-order chi connectivity index (χ0) is 18.6. The number of hydrogen-bond donors (Lipinski definition) is 1. The van der Waals surface area contributed by atoms with Gasteiger partial charge in [0.2, 0.25) is 0 Å². The largest absolute Gasteiger partial charge is 0.384 e. The van der Waals surface area contributed by atoms with Gasteiger partial charge in [-0.05, 0) is 51.6 Å². The van der Waals surface area contributed by atoms with Crippen molar-refractivity contribution < 1.29 is 5.11 Å². The second-order valence-electron chi connectivity index (χ2n) is 6.69. The molecule has 0 aliphatic carbocycles. The van der Waals surface area contributed by atoms with Crippen molar-refractivity contribution >= 4 is 16.8 Å². The van der Waals surface area contributed by atoms with E-state index in [1.54, 1.807) is 18.5 Å². The quantitative estimate of drug-likeness (QED) is 0.492. The summed E-state index contributed by atoms with van der Waals surface area (Å²) in [4.78, 5) is 4.08. The van der Waals surface area contributed by atoms with E-state index in [1.165, 1.54) is 21.9 Å². The Bertz CT molecular complexity index is 1080. The highest BCUT2D eigenvalue weighted by molar-refractivity contribution is 5.98. The van der Waals surface area contributed by atoms with Crippen molar-refractivity contribution in [3.63, 3.8) is 0 Å². The third kappa shape index (κ3) is 3.67. The minimum Gasteiger partial charge on any atom is -0.384 e. The highest BCUT2D eigenvalue weighted by atomic mass is 16.3. The molecule has 2 heteroatoms. The third-order valence-electron chi connectivity index (χ3n) is 4.83. The summed E-state index contributed by atoms with van der Waals surface area (Å²) in [5.41, 5.74) is 5.51. The third-order valence-corrected chi connectivity index (χ3v) is 4.83. The van der Waals surface area contributed by atoms with Gasteiger partial charge >= 0.3 is 0 Å². The molecule has 4 rings (SSSR count). The van der Waals surface area contributed by atoms with E-state index in [9.17, 15) is 5.11 Å². The molecule has 0 fully saturated rings. The molecule has 0 aliphatic rings. The first-order valence-corrected chi connectivity index (χ1v) is 9.07. The number of aliphatic hydroxyl groups excluding tert-OH is 1. The van der Waals surface area contributed by atoms with Crippen molar-refractivity contribution in [2.45, 2.75) is 13.0 Å². The zero-order valence-electron chi connectivity index (χ0n) is 15.2. The number of fused-ring (bicyclic) bond motifs is 1. The molecule has 0 spiro atoms. The van der Waals surface area contributed by atoms with Gasteiger partial charge in [-0.15, -0.1) is 0 Å². The lowest BCUT2D eigenvalue weighted by Gasteiger charge is -2.12. The average molecular weight is 351 g/mol. The molecule has 0 radical (unpaired) electrons. The summed E-state index contributed by atoms with van der Waals surface area (Å²) in [6, 6.07) is 24.8. The summed E-state index contributed by atoms with van der Waals surface area (Å²) >= 11 is 0. The van der Waals surface area contributed by atoms with Crippen LogP contribution in [0.15, 0.2) is 91.3 Å². The van der Waals surface area contributed by atoms with Crippen LogP contribution in [0.3, 0.4) is 0 Å². The molecule has 0 saturated carbocycles. The monoisotopic (exact) mass is 351 g/mol. The maximum absolute atomic E-state index is 10.5. The Kier molecular flexibility index (Phi) is 4.82. The molecule has 27 heavy (non-hydrogen) atoms. The second-order valence-corrected chi connectivity index (χ2v) is 6.69. The lowest BCUT2D eigenvalue weighted by atomic mass is 9.93. The number of aromatic nitrogens is 1. The maximum atomic E-state index is 10.5. The Hall–Kier alpha value is -3.23. The smallest absolute Gasteiger partial charge is 0.0975 e. The number of aliphatic hydroxyl groups is 1. The lowest BCUT2D eigenvalue weighted by Crippen LogP contribution is -1.93. The number of rotatable bonds is 4. The molecular formula is C25H21NO. The molecule has 1 N–H and O–H groups in total. The Morgan fingerprint density at radius 1 is 0.889 bits per heavy atom. The first-order valence-electron chi connectivity index (χ1n) is 9.07. The number of aryl methyl sites for hydroxylation is 1. The molecule has 1 aromatic heterocycles. The first kappa shape index (κ1) is 17.2. The molecule has 4 aromatic rings. The molecule has 1 atom stereocenters. The Morgan fingerprint density at radius 2 is 1.70 bits per heavy atom. The van der Waals surface area contributed by atoms with Gasteiger partial charge in [-0.25, -0.2) is 0 Å². The van der Waals surface area contributed by atoms with Crippen molar-refractivity contribution in [3.8, 4) is 11.1 Å². The van der Waals surface area contributed by atoms with Gasteiger partial charge in [0.15, 0.2) is 0 Å². The highest BCUT2D eigenvalue weighted by Gasteiger charge is 2.09. The normalized spacial score (nSPS) is 12.5. The summed E-state index contributed by atoms with van der Waals surface area (Å²) in [5, 5.41) is 13.0. The van der Waals surface area contributed by atoms with Crippen molar-refractivity contribution in [2.24, 2.45) is 0 Å². The molecule has 0 amide bonds. The zero-order valence-corrected chi connectivity index (χ0v) is 15.2. The molecule has 3 aromatic carbocycles. The minimum atomic E-state index is -0.645. The molecule has 0 bridgehead atoms. The van der Waals surface area contributed by atoms with E-state index >= 15 is 0 Å². The Balaban J connectivity index is 1.63. The van der Waals surface area contributed by atoms with E-state index in [4.69, 9.17) is 0 Å². The Morgan fingerprint density at radius 3 is 2.48 bits per heavy atom. The van der Waals surface area contributed by atoms with Crippen LogP contribution in [0.4, 0.5) is 0 Å². The SMILES string of the molecule is Cc1ccc2ccccc2c1-c1ccc(C(O)/C=C/c2cccnc2)cc1. The fourth-order valence-corrected chi connectivity index (χ4v) is 3.40. The van der Waals surface area contributed by atoms with Crippen LogP contribution in [0, 0.1) is 6.92 Å². The number of hydrogen-bond acceptors (Lipinski definition) is 2. The van der Waals surface area contributed by atoms with Gasteiger partial charge in [0, 0.05) is 12.4 Å². The van der Waals surface area contributed by atoms with E-state index in [2.05, 4.69) is 60.4 Å². The lowest BCUT2D eigenvalue weighted by molar-refractivity contribution is 0.229. The van der Waals surface area contributed by atoms with Crippen LogP contribution >= 0.6 is 0 Å². The molecule has 1 unspecified atom stereocenters. The number of pyridine rings is 1. The highest BCUT2D eigenvalue weighted by Crippen LogP contribution is 2.32. The van der Waals surface area contributed by atoms with Gasteiger partial charge in [-0.2, -0.15) is 0 Å². The fourth-order valence-electron chi connectivity index (χ4n) is 3.40. The minimum absolute atomic E-state index is 0.645. The molecule has 0 saturated heterocycles. The summed E-state index contributed by atoms with van der Waals surface area (Å²) in [6.07, 6.45) is 6.54.